The normalized spacial score (nSPS) is 29.4. The third-order valence-electron chi connectivity index (χ3n) is 4.84. The molecule has 1 aliphatic heterocycles. The summed E-state index contributed by atoms with van der Waals surface area (Å²) in [6, 6.07) is 5.41. The number of rotatable bonds is 2. The smallest absolute Gasteiger partial charge is 0.126 e. The van der Waals surface area contributed by atoms with Crippen LogP contribution in [0, 0.1) is 13.8 Å². The zero-order valence-corrected chi connectivity index (χ0v) is 13.2. The molecule has 1 aliphatic carbocycles. The van der Waals surface area contributed by atoms with Gasteiger partial charge in [-0.2, -0.15) is 0 Å². The van der Waals surface area contributed by atoms with E-state index in [4.69, 9.17) is 4.74 Å². The minimum atomic E-state index is -0.0858. The zero-order valence-electron chi connectivity index (χ0n) is 13.2. The van der Waals surface area contributed by atoms with E-state index in [0.717, 1.165) is 50.9 Å². The van der Waals surface area contributed by atoms with Gasteiger partial charge in [-0.1, -0.05) is 17.7 Å². The lowest BCUT2D eigenvalue weighted by Crippen LogP contribution is -2.37. The Hall–Kier alpha value is -1.06. The van der Waals surface area contributed by atoms with Crippen molar-refractivity contribution >= 4 is 0 Å². The molecule has 3 heteroatoms. The van der Waals surface area contributed by atoms with Crippen molar-refractivity contribution in [3.63, 3.8) is 0 Å². The number of hydrogen-bond donors (Lipinski definition) is 2. The molecule has 0 radical (unpaired) electrons. The highest BCUT2D eigenvalue weighted by Gasteiger charge is 2.26. The predicted molar refractivity (Wildman–Crippen MR) is 84.8 cm³/mol. The van der Waals surface area contributed by atoms with Crippen LogP contribution in [0.1, 0.15) is 61.3 Å². The Morgan fingerprint density at radius 2 is 1.86 bits per heavy atom. The van der Waals surface area contributed by atoms with Crippen LogP contribution in [0.5, 0.6) is 5.75 Å². The molecule has 2 aliphatic rings. The summed E-state index contributed by atoms with van der Waals surface area (Å²) < 4.78 is 5.99. The van der Waals surface area contributed by atoms with Crippen LogP contribution in [0.2, 0.25) is 0 Å². The Bertz CT molecular complexity index is 492. The molecule has 3 rings (SSSR count). The van der Waals surface area contributed by atoms with Gasteiger partial charge >= 0.3 is 0 Å². The highest BCUT2D eigenvalue weighted by Crippen LogP contribution is 2.36. The van der Waals surface area contributed by atoms with E-state index in [2.05, 4.69) is 31.3 Å². The Labute approximate surface area is 127 Å². The summed E-state index contributed by atoms with van der Waals surface area (Å²) in [5.41, 5.74) is 3.89. The molecule has 0 aromatic heterocycles. The van der Waals surface area contributed by atoms with E-state index in [1.807, 2.05) is 0 Å². The first-order chi connectivity index (χ1) is 10.1. The number of aliphatic hydroxyl groups excluding tert-OH is 1. The number of benzene rings is 1. The van der Waals surface area contributed by atoms with Crippen molar-refractivity contribution in [1.82, 2.24) is 5.32 Å². The maximum Gasteiger partial charge on any atom is 0.126 e. The summed E-state index contributed by atoms with van der Waals surface area (Å²) in [6.45, 7) is 5.12. The molecule has 0 bridgehead atoms. The van der Waals surface area contributed by atoms with Gasteiger partial charge in [0.2, 0.25) is 0 Å². The lowest BCUT2D eigenvalue weighted by molar-refractivity contribution is 0.114. The van der Waals surface area contributed by atoms with Gasteiger partial charge in [0.15, 0.2) is 0 Å². The minimum absolute atomic E-state index is 0.0858. The summed E-state index contributed by atoms with van der Waals surface area (Å²) >= 11 is 0. The number of ether oxygens (including phenoxy) is 1. The van der Waals surface area contributed by atoms with Gasteiger partial charge < -0.3 is 15.2 Å². The van der Waals surface area contributed by atoms with E-state index < -0.39 is 0 Å². The molecular weight excluding hydrogens is 262 g/mol. The van der Waals surface area contributed by atoms with Crippen LogP contribution >= 0.6 is 0 Å². The summed E-state index contributed by atoms with van der Waals surface area (Å²) in [7, 11) is 0. The topological polar surface area (TPSA) is 41.5 Å². The molecule has 1 fully saturated rings. The highest BCUT2D eigenvalue weighted by atomic mass is 16.5. The van der Waals surface area contributed by atoms with Gasteiger partial charge in [0, 0.05) is 17.6 Å². The summed E-state index contributed by atoms with van der Waals surface area (Å²) in [6.07, 6.45) is 6.17. The van der Waals surface area contributed by atoms with Crippen molar-refractivity contribution in [2.75, 3.05) is 6.61 Å². The van der Waals surface area contributed by atoms with Gasteiger partial charge in [0.1, 0.15) is 5.75 Å². The number of hydrogen-bond acceptors (Lipinski definition) is 3. The molecule has 1 unspecified atom stereocenters. The lowest BCUT2D eigenvalue weighted by atomic mass is 9.90. The molecule has 21 heavy (non-hydrogen) atoms. The molecule has 1 atom stereocenters. The summed E-state index contributed by atoms with van der Waals surface area (Å²) in [5.74, 6) is 1.09. The number of aliphatic hydroxyl groups is 1. The van der Waals surface area contributed by atoms with Crippen LogP contribution in [-0.4, -0.2) is 23.9 Å². The van der Waals surface area contributed by atoms with Crippen LogP contribution in [-0.2, 0) is 0 Å². The van der Waals surface area contributed by atoms with E-state index in [-0.39, 0.29) is 6.10 Å². The van der Waals surface area contributed by atoms with Crippen LogP contribution in [0.15, 0.2) is 12.1 Å². The lowest BCUT2D eigenvalue weighted by Gasteiger charge is -2.30. The molecule has 1 heterocycles. The van der Waals surface area contributed by atoms with Crippen LogP contribution in [0.4, 0.5) is 0 Å². The monoisotopic (exact) mass is 289 g/mol. The Kier molecular flexibility index (Phi) is 4.51. The van der Waals surface area contributed by atoms with E-state index in [1.165, 1.54) is 16.7 Å². The molecule has 0 saturated heterocycles. The Morgan fingerprint density at radius 1 is 1.10 bits per heavy atom. The minimum Gasteiger partial charge on any atom is -0.493 e. The number of fused-ring (bicyclic) bond motifs is 1. The van der Waals surface area contributed by atoms with Crippen molar-refractivity contribution in [3.8, 4) is 5.75 Å². The Morgan fingerprint density at radius 3 is 2.62 bits per heavy atom. The van der Waals surface area contributed by atoms with Gasteiger partial charge in [0.25, 0.3) is 0 Å². The molecule has 2 N–H and O–H groups in total. The van der Waals surface area contributed by atoms with Gasteiger partial charge in [-0.15, -0.1) is 0 Å². The maximum absolute atomic E-state index is 9.66. The second kappa shape index (κ2) is 6.37. The van der Waals surface area contributed by atoms with E-state index in [1.54, 1.807) is 0 Å². The molecule has 1 saturated carbocycles. The second-order valence-electron chi connectivity index (χ2n) is 6.72. The van der Waals surface area contributed by atoms with Crippen LogP contribution in [0.25, 0.3) is 0 Å². The Balaban J connectivity index is 1.80. The third kappa shape index (κ3) is 3.41. The van der Waals surface area contributed by atoms with Gasteiger partial charge in [-0.05, 0) is 57.9 Å². The molecule has 0 amide bonds. The van der Waals surface area contributed by atoms with Gasteiger partial charge in [0.05, 0.1) is 12.7 Å². The van der Waals surface area contributed by atoms with Gasteiger partial charge in [-0.3, -0.25) is 0 Å². The predicted octanol–water partition coefficient (Wildman–Crippen LogP) is 3.41. The first-order valence-corrected chi connectivity index (χ1v) is 8.31. The number of aryl methyl sites for hydroxylation is 2. The fourth-order valence-corrected chi connectivity index (χ4v) is 3.76. The van der Waals surface area contributed by atoms with E-state index >= 15 is 0 Å². The van der Waals surface area contributed by atoms with Crippen LogP contribution < -0.4 is 10.1 Å². The highest BCUT2D eigenvalue weighted by molar-refractivity contribution is 5.46. The molecule has 116 valence electrons. The zero-order chi connectivity index (χ0) is 14.8. The quantitative estimate of drug-likeness (QED) is 0.876. The van der Waals surface area contributed by atoms with E-state index in [9.17, 15) is 5.11 Å². The molecule has 1 aromatic carbocycles. The molecule has 3 nitrogen and oxygen atoms in total. The first-order valence-electron chi connectivity index (χ1n) is 8.31. The standard InChI is InChI=1S/C18H27NO2/c1-12-10-13(2)18-16(11-12)17(4-3-9-21-18)19-14-5-7-15(20)8-6-14/h10-11,14-15,17,19-20H,3-9H2,1-2H3. The number of nitrogens with one attached hydrogen (secondary N) is 1. The van der Waals surface area contributed by atoms with E-state index in [0.29, 0.717) is 12.1 Å². The van der Waals surface area contributed by atoms with Crippen molar-refractivity contribution in [2.45, 2.75) is 70.6 Å². The second-order valence-corrected chi connectivity index (χ2v) is 6.72. The largest absolute Gasteiger partial charge is 0.493 e. The SMILES string of the molecule is Cc1cc(C)c2c(c1)C(NC1CCC(O)CC1)CCCO2. The molecule has 0 spiro atoms. The summed E-state index contributed by atoms with van der Waals surface area (Å²) in [5, 5.41) is 13.5. The average molecular weight is 289 g/mol. The van der Waals surface area contributed by atoms with Crippen molar-refractivity contribution in [1.29, 1.82) is 0 Å². The molecular formula is C18H27NO2. The summed E-state index contributed by atoms with van der Waals surface area (Å²) in [4.78, 5) is 0. The molecule has 1 aromatic rings. The van der Waals surface area contributed by atoms with Crippen molar-refractivity contribution in [2.24, 2.45) is 0 Å². The van der Waals surface area contributed by atoms with Crippen molar-refractivity contribution < 1.29 is 9.84 Å². The first kappa shape index (κ1) is 14.9. The fourth-order valence-electron chi connectivity index (χ4n) is 3.76. The third-order valence-corrected chi connectivity index (χ3v) is 4.84. The maximum atomic E-state index is 9.66. The fraction of sp³-hybridized carbons (Fsp3) is 0.667. The van der Waals surface area contributed by atoms with Crippen LogP contribution in [0.3, 0.4) is 0 Å². The average Bonchev–Trinajstić information content (AvgIpc) is 2.64. The van der Waals surface area contributed by atoms with Crippen molar-refractivity contribution in [3.05, 3.63) is 28.8 Å². The van der Waals surface area contributed by atoms with Gasteiger partial charge in [-0.25, -0.2) is 0 Å².